The van der Waals surface area contributed by atoms with Crippen LogP contribution >= 0.6 is 22.9 Å². The first kappa shape index (κ1) is 16.3. The average molecular weight is 325 g/mol. The van der Waals surface area contributed by atoms with Crippen molar-refractivity contribution in [3.05, 3.63) is 44.9 Å². The van der Waals surface area contributed by atoms with Gasteiger partial charge in [-0.15, -0.1) is 11.3 Å². The van der Waals surface area contributed by atoms with Crippen molar-refractivity contribution in [2.45, 2.75) is 39.2 Å². The van der Waals surface area contributed by atoms with E-state index in [1.165, 1.54) is 0 Å². The highest BCUT2D eigenvalue weighted by molar-refractivity contribution is 7.09. The Morgan fingerprint density at radius 1 is 1.33 bits per heavy atom. The van der Waals surface area contributed by atoms with Crippen LogP contribution in [0.15, 0.2) is 23.6 Å². The Morgan fingerprint density at radius 2 is 2.10 bits per heavy atom. The molecule has 0 fully saturated rings. The molecule has 0 saturated carbocycles. The third-order valence-corrected chi connectivity index (χ3v) is 4.22. The van der Waals surface area contributed by atoms with E-state index in [0.717, 1.165) is 22.7 Å². The van der Waals surface area contributed by atoms with E-state index in [4.69, 9.17) is 22.1 Å². The second-order valence-corrected chi connectivity index (χ2v) is 7.32. The number of hydrogen-bond donors (Lipinski definition) is 1. The second-order valence-electron chi connectivity index (χ2n) is 5.97. The fourth-order valence-corrected chi connectivity index (χ4v) is 3.03. The van der Waals surface area contributed by atoms with Crippen LogP contribution in [0, 0.1) is 0 Å². The minimum Gasteiger partial charge on any atom is -0.485 e. The van der Waals surface area contributed by atoms with Crippen LogP contribution in [0.5, 0.6) is 5.75 Å². The predicted molar refractivity (Wildman–Crippen MR) is 89.4 cm³/mol. The number of ether oxygens (including phenoxy) is 1. The highest BCUT2D eigenvalue weighted by atomic mass is 35.5. The van der Waals surface area contributed by atoms with Crippen molar-refractivity contribution in [1.82, 2.24) is 4.98 Å². The summed E-state index contributed by atoms with van der Waals surface area (Å²) < 4.78 is 5.77. The summed E-state index contributed by atoms with van der Waals surface area (Å²) in [7, 11) is 0. The average Bonchev–Trinajstić information content (AvgIpc) is 2.87. The summed E-state index contributed by atoms with van der Waals surface area (Å²) in [6, 6.07) is 5.80. The lowest BCUT2D eigenvalue weighted by molar-refractivity contribution is 0.305. The molecule has 0 radical (unpaired) electrons. The smallest absolute Gasteiger partial charge is 0.140 e. The van der Waals surface area contributed by atoms with Gasteiger partial charge in [-0.05, 0) is 30.7 Å². The van der Waals surface area contributed by atoms with Crippen LogP contribution in [-0.2, 0) is 18.4 Å². The van der Waals surface area contributed by atoms with Crippen LogP contribution in [-0.4, -0.2) is 11.5 Å². The van der Waals surface area contributed by atoms with Crippen molar-refractivity contribution in [2.24, 2.45) is 5.73 Å². The summed E-state index contributed by atoms with van der Waals surface area (Å²) in [4.78, 5) is 4.61. The second kappa shape index (κ2) is 6.77. The Balaban J connectivity index is 2.01. The molecule has 2 rings (SSSR count). The number of aromatic nitrogens is 1. The molecule has 0 saturated heterocycles. The summed E-state index contributed by atoms with van der Waals surface area (Å²) in [6.45, 7) is 7.51. The first-order valence-electron chi connectivity index (χ1n) is 6.96. The molecule has 0 amide bonds. The summed E-state index contributed by atoms with van der Waals surface area (Å²) in [5.74, 6) is 0.685. The zero-order chi connectivity index (χ0) is 15.5. The van der Waals surface area contributed by atoms with Gasteiger partial charge in [-0.25, -0.2) is 4.98 Å². The van der Waals surface area contributed by atoms with Gasteiger partial charge in [0.1, 0.15) is 17.4 Å². The molecule has 21 heavy (non-hydrogen) atoms. The lowest BCUT2D eigenvalue weighted by atomic mass is 9.93. The highest BCUT2D eigenvalue weighted by Crippen LogP contribution is 2.28. The molecule has 1 aromatic heterocycles. The molecule has 5 heteroatoms. The third-order valence-electron chi connectivity index (χ3n) is 3.10. The molecule has 0 atom stereocenters. The molecule has 0 unspecified atom stereocenters. The predicted octanol–water partition coefficient (Wildman–Crippen LogP) is 4.17. The van der Waals surface area contributed by atoms with E-state index in [1.54, 1.807) is 11.3 Å². The van der Waals surface area contributed by atoms with Gasteiger partial charge in [-0.3, -0.25) is 0 Å². The quantitative estimate of drug-likeness (QED) is 0.897. The zero-order valence-electron chi connectivity index (χ0n) is 12.6. The molecular formula is C16H21ClN2OS. The number of halogens is 1. The van der Waals surface area contributed by atoms with Gasteiger partial charge in [0.15, 0.2) is 0 Å². The molecule has 114 valence electrons. The van der Waals surface area contributed by atoms with E-state index < -0.39 is 0 Å². The van der Waals surface area contributed by atoms with Crippen molar-refractivity contribution in [2.75, 3.05) is 6.54 Å². The molecule has 0 spiro atoms. The van der Waals surface area contributed by atoms with Gasteiger partial charge in [0.05, 0.1) is 10.7 Å². The monoisotopic (exact) mass is 324 g/mol. The van der Waals surface area contributed by atoms with Crippen LogP contribution in [0.1, 0.15) is 37.0 Å². The number of benzene rings is 1. The first-order chi connectivity index (χ1) is 9.90. The molecule has 0 aliphatic heterocycles. The minimum atomic E-state index is 0.0657. The Hall–Kier alpha value is -1.10. The zero-order valence-corrected chi connectivity index (χ0v) is 14.2. The summed E-state index contributed by atoms with van der Waals surface area (Å²) >= 11 is 7.84. The van der Waals surface area contributed by atoms with Gasteiger partial charge in [-0.2, -0.15) is 0 Å². The highest BCUT2D eigenvalue weighted by Gasteiger charge is 2.17. The fourth-order valence-electron chi connectivity index (χ4n) is 1.84. The van der Waals surface area contributed by atoms with E-state index in [-0.39, 0.29) is 5.41 Å². The summed E-state index contributed by atoms with van der Waals surface area (Å²) in [5, 5.41) is 3.67. The lowest BCUT2D eigenvalue weighted by Gasteiger charge is -2.14. The number of nitrogens with zero attached hydrogens (tertiary/aromatic N) is 1. The Morgan fingerprint density at radius 3 is 2.67 bits per heavy atom. The van der Waals surface area contributed by atoms with Crippen molar-refractivity contribution in [1.29, 1.82) is 0 Å². The van der Waals surface area contributed by atoms with Crippen LogP contribution < -0.4 is 10.5 Å². The van der Waals surface area contributed by atoms with E-state index in [2.05, 4.69) is 31.1 Å². The van der Waals surface area contributed by atoms with Gasteiger partial charge in [-0.1, -0.05) is 38.4 Å². The molecule has 1 heterocycles. The molecule has 0 aliphatic rings. The molecular weight excluding hydrogens is 304 g/mol. The van der Waals surface area contributed by atoms with Crippen molar-refractivity contribution < 1.29 is 4.74 Å². The van der Waals surface area contributed by atoms with Gasteiger partial charge >= 0.3 is 0 Å². The topological polar surface area (TPSA) is 48.1 Å². The maximum atomic E-state index is 6.23. The van der Waals surface area contributed by atoms with Crippen LogP contribution in [0.4, 0.5) is 0 Å². The van der Waals surface area contributed by atoms with Crippen molar-refractivity contribution >= 4 is 22.9 Å². The summed E-state index contributed by atoms with van der Waals surface area (Å²) in [6.07, 6.45) is 0.821. The molecule has 0 bridgehead atoms. The number of hydrogen-bond acceptors (Lipinski definition) is 4. The Labute approximate surface area is 135 Å². The van der Waals surface area contributed by atoms with E-state index in [9.17, 15) is 0 Å². The maximum Gasteiger partial charge on any atom is 0.140 e. The number of rotatable bonds is 5. The molecule has 3 nitrogen and oxygen atoms in total. The van der Waals surface area contributed by atoms with Crippen molar-refractivity contribution in [3.8, 4) is 5.75 Å². The van der Waals surface area contributed by atoms with Gasteiger partial charge in [0.2, 0.25) is 0 Å². The normalized spacial score (nSPS) is 11.7. The largest absolute Gasteiger partial charge is 0.485 e. The van der Waals surface area contributed by atoms with E-state index in [1.807, 2.05) is 18.2 Å². The Kier molecular flexibility index (Phi) is 5.25. The molecule has 2 aromatic rings. The minimum absolute atomic E-state index is 0.0657. The standard InChI is InChI=1S/C16H21ClN2OS/c1-16(2,3)14-10-21-15(19-14)9-20-13-5-4-11(6-7-18)8-12(13)17/h4-5,8,10H,6-7,9,18H2,1-3H3. The van der Waals surface area contributed by atoms with Gasteiger partial charge in [0, 0.05) is 10.8 Å². The molecule has 0 aliphatic carbocycles. The van der Waals surface area contributed by atoms with Crippen LogP contribution in [0.2, 0.25) is 5.02 Å². The van der Waals surface area contributed by atoms with Gasteiger partial charge in [0.25, 0.3) is 0 Å². The molecule has 1 aromatic carbocycles. The third kappa shape index (κ3) is 4.43. The number of thiazole rings is 1. The van der Waals surface area contributed by atoms with E-state index >= 15 is 0 Å². The number of nitrogens with two attached hydrogens (primary N) is 1. The Bertz CT molecular complexity index is 605. The lowest BCUT2D eigenvalue weighted by Crippen LogP contribution is -2.11. The van der Waals surface area contributed by atoms with Gasteiger partial charge < -0.3 is 10.5 Å². The SMILES string of the molecule is CC(C)(C)c1csc(COc2ccc(CCN)cc2Cl)n1. The maximum absolute atomic E-state index is 6.23. The van der Waals surface area contributed by atoms with Crippen molar-refractivity contribution in [3.63, 3.8) is 0 Å². The van der Waals surface area contributed by atoms with E-state index in [0.29, 0.717) is 23.9 Å². The van der Waals surface area contributed by atoms with Crippen LogP contribution in [0.3, 0.4) is 0 Å². The first-order valence-corrected chi connectivity index (χ1v) is 8.22. The summed E-state index contributed by atoms with van der Waals surface area (Å²) in [5.41, 5.74) is 7.82. The molecule has 2 N–H and O–H groups in total. The van der Waals surface area contributed by atoms with Crippen LogP contribution in [0.25, 0.3) is 0 Å². The fraction of sp³-hybridized carbons (Fsp3) is 0.438.